The van der Waals surface area contributed by atoms with E-state index in [1.54, 1.807) is 19.2 Å². The third kappa shape index (κ3) is 3.54. The van der Waals surface area contributed by atoms with E-state index in [9.17, 15) is 0 Å². The van der Waals surface area contributed by atoms with E-state index in [-0.39, 0.29) is 0 Å². The van der Waals surface area contributed by atoms with Crippen LogP contribution in [-0.4, -0.2) is 18.7 Å². The van der Waals surface area contributed by atoms with E-state index in [1.165, 1.54) is 0 Å². The Kier molecular flexibility index (Phi) is 4.65. The Hall–Kier alpha value is -2.43. The number of hydrogen-bond donors (Lipinski definition) is 2. The number of benzene rings is 1. The molecule has 0 aliphatic carbocycles. The van der Waals surface area contributed by atoms with Gasteiger partial charge in [0.25, 0.3) is 0 Å². The molecule has 0 saturated heterocycles. The summed E-state index contributed by atoms with van der Waals surface area (Å²) in [5.41, 5.74) is 7.34. The molecule has 0 aliphatic heterocycles. The lowest BCUT2D eigenvalue weighted by atomic mass is 10.3. The molecule has 3 N–H and O–H groups in total. The van der Waals surface area contributed by atoms with Crippen LogP contribution >= 0.6 is 0 Å². The lowest BCUT2D eigenvalue weighted by molar-refractivity contribution is 0.317. The molecule has 5 nitrogen and oxygen atoms in total. The highest BCUT2D eigenvalue weighted by Crippen LogP contribution is 2.25. The van der Waals surface area contributed by atoms with E-state index >= 15 is 0 Å². The Labute approximate surface area is 118 Å². The third-order valence-electron chi connectivity index (χ3n) is 2.70. The number of anilines is 3. The van der Waals surface area contributed by atoms with Gasteiger partial charge in [0.1, 0.15) is 5.75 Å². The molecular weight excluding hydrogens is 254 g/mol. The smallest absolute Gasteiger partial charge is 0.215 e. The standard InChI is InChI=1S/C15H19N3O2/c1-3-10-20-12-6-4-11(5-7-12)17-15-13(16)8-9-14(18-15)19-2/h4-9H,3,10,16H2,1-2H3,(H,17,18). The zero-order valence-corrected chi connectivity index (χ0v) is 11.7. The predicted molar refractivity (Wildman–Crippen MR) is 80.7 cm³/mol. The first-order valence-electron chi connectivity index (χ1n) is 6.53. The topological polar surface area (TPSA) is 69.4 Å². The number of pyridine rings is 1. The third-order valence-corrected chi connectivity index (χ3v) is 2.70. The number of nitrogen functional groups attached to an aromatic ring is 1. The van der Waals surface area contributed by atoms with Crippen LogP contribution in [-0.2, 0) is 0 Å². The molecule has 0 radical (unpaired) electrons. The summed E-state index contributed by atoms with van der Waals surface area (Å²) in [5, 5.41) is 3.16. The molecule has 0 atom stereocenters. The summed E-state index contributed by atoms with van der Waals surface area (Å²) >= 11 is 0. The van der Waals surface area contributed by atoms with Crippen LogP contribution in [0.3, 0.4) is 0 Å². The van der Waals surface area contributed by atoms with Crippen molar-refractivity contribution < 1.29 is 9.47 Å². The summed E-state index contributed by atoms with van der Waals surface area (Å²) in [7, 11) is 1.57. The van der Waals surface area contributed by atoms with E-state index in [1.807, 2.05) is 24.3 Å². The molecule has 5 heteroatoms. The van der Waals surface area contributed by atoms with Gasteiger partial charge in [-0.25, -0.2) is 0 Å². The van der Waals surface area contributed by atoms with Crippen molar-refractivity contribution in [2.45, 2.75) is 13.3 Å². The molecule has 20 heavy (non-hydrogen) atoms. The van der Waals surface area contributed by atoms with E-state index in [0.29, 0.717) is 17.4 Å². The number of nitrogens with zero attached hydrogens (tertiary/aromatic N) is 1. The van der Waals surface area contributed by atoms with Crippen molar-refractivity contribution in [1.29, 1.82) is 0 Å². The second-order valence-corrected chi connectivity index (χ2v) is 4.29. The number of aromatic nitrogens is 1. The lowest BCUT2D eigenvalue weighted by Gasteiger charge is -2.10. The predicted octanol–water partition coefficient (Wildman–Crippen LogP) is 3.20. The van der Waals surface area contributed by atoms with E-state index < -0.39 is 0 Å². The Morgan fingerprint density at radius 3 is 2.55 bits per heavy atom. The number of nitrogens with one attached hydrogen (secondary N) is 1. The van der Waals surface area contributed by atoms with E-state index in [2.05, 4.69) is 17.2 Å². The van der Waals surface area contributed by atoms with Crippen molar-refractivity contribution in [3.05, 3.63) is 36.4 Å². The van der Waals surface area contributed by atoms with Crippen molar-refractivity contribution >= 4 is 17.2 Å². The summed E-state index contributed by atoms with van der Waals surface area (Å²) < 4.78 is 10.6. The van der Waals surface area contributed by atoms with Gasteiger partial charge in [-0.15, -0.1) is 0 Å². The van der Waals surface area contributed by atoms with Gasteiger partial charge in [0.15, 0.2) is 5.82 Å². The molecule has 1 aromatic carbocycles. The quantitative estimate of drug-likeness (QED) is 0.845. The zero-order chi connectivity index (χ0) is 14.4. The minimum Gasteiger partial charge on any atom is -0.494 e. The van der Waals surface area contributed by atoms with Crippen molar-refractivity contribution in [3.63, 3.8) is 0 Å². The molecule has 0 spiro atoms. The maximum atomic E-state index is 5.88. The molecule has 0 aliphatic rings. The van der Waals surface area contributed by atoms with Crippen LogP contribution in [0.2, 0.25) is 0 Å². The molecule has 2 aromatic rings. The van der Waals surface area contributed by atoms with Crippen LogP contribution < -0.4 is 20.5 Å². The highest BCUT2D eigenvalue weighted by molar-refractivity contribution is 5.69. The van der Waals surface area contributed by atoms with Gasteiger partial charge in [-0.05, 0) is 36.8 Å². The Morgan fingerprint density at radius 1 is 1.15 bits per heavy atom. The molecule has 0 bridgehead atoms. The second kappa shape index (κ2) is 6.65. The molecule has 2 rings (SSSR count). The summed E-state index contributed by atoms with van der Waals surface area (Å²) in [5.74, 6) is 1.94. The van der Waals surface area contributed by atoms with Crippen LogP contribution in [0.15, 0.2) is 36.4 Å². The molecule has 0 fully saturated rings. The van der Waals surface area contributed by atoms with Gasteiger partial charge in [0.05, 0.1) is 19.4 Å². The van der Waals surface area contributed by atoms with Gasteiger partial charge in [-0.2, -0.15) is 4.98 Å². The summed E-state index contributed by atoms with van der Waals surface area (Å²) in [6.45, 7) is 2.80. The average Bonchev–Trinajstić information content (AvgIpc) is 2.49. The largest absolute Gasteiger partial charge is 0.494 e. The molecule has 106 valence electrons. The van der Waals surface area contributed by atoms with Crippen LogP contribution in [0.5, 0.6) is 11.6 Å². The van der Waals surface area contributed by atoms with Crippen LogP contribution in [0, 0.1) is 0 Å². The monoisotopic (exact) mass is 273 g/mol. The van der Waals surface area contributed by atoms with Crippen molar-refractivity contribution in [2.24, 2.45) is 0 Å². The fourth-order valence-corrected chi connectivity index (χ4v) is 1.66. The van der Waals surface area contributed by atoms with Gasteiger partial charge in [-0.1, -0.05) is 6.92 Å². The van der Waals surface area contributed by atoms with Crippen LogP contribution in [0.25, 0.3) is 0 Å². The Balaban J connectivity index is 2.09. The average molecular weight is 273 g/mol. The van der Waals surface area contributed by atoms with Crippen molar-refractivity contribution in [2.75, 3.05) is 24.8 Å². The molecular formula is C15H19N3O2. The normalized spacial score (nSPS) is 10.1. The fraction of sp³-hybridized carbons (Fsp3) is 0.267. The summed E-state index contributed by atoms with van der Waals surface area (Å²) in [6, 6.07) is 11.1. The number of ether oxygens (including phenoxy) is 2. The van der Waals surface area contributed by atoms with Crippen LogP contribution in [0.4, 0.5) is 17.2 Å². The van der Waals surface area contributed by atoms with Crippen molar-refractivity contribution in [3.8, 4) is 11.6 Å². The van der Waals surface area contributed by atoms with Crippen LogP contribution in [0.1, 0.15) is 13.3 Å². The first-order chi connectivity index (χ1) is 9.72. The van der Waals surface area contributed by atoms with Gasteiger partial charge in [-0.3, -0.25) is 0 Å². The zero-order valence-electron chi connectivity index (χ0n) is 11.7. The molecule has 0 saturated carbocycles. The summed E-state index contributed by atoms with van der Waals surface area (Å²) in [6.07, 6.45) is 0.990. The molecule has 0 unspecified atom stereocenters. The van der Waals surface area contributed by atoms with E-state index in [4.69, 9.17) is 15.2 Å². The van der Waals surface area contributed by atoms with Gasteiger partial charge in [0, 0.05) is 11.8 Å². The number of methoxy groups -OCH3 is 1. The SMILES string of the molecule is CCCOc1ccc(Nc2nc(OC)ccc2N)cc1. The molecule has 1 heterocycles. The van der Waals surface area contributed by atoms with E-state index in [0.717, 1.165) is 24.5 Å². The summed E-state index contributed by atoms with van der Waals surface area (Å²) in [4.78, 5) is 4.27. The number of nitrogens with two attached hydrogens (primary N) is 1. The lowest BCUT2D eigenvalue weighted by Crippen LogP contribution is -2.01. The fourth-order valence-electron chi connectivity index (χ4n) is 1.66. The number of hydrogen-bond acceptors (Lipinski definition) is 5. The van der Waals surface area contributed by atoms with Gasteiger partial charge >= 0.3 is 0 Å². The molecule has 1 aromatic heterocycles. The minimum atomic E-state index is 0.518. The number of rotatable bonds is 6. The van der Waals surface area contributed by atoms with Gasteiger partial charge in [0.2, 0.25) is 5.88 Å². The maximum Gasteiger partial charge on any atom is 0.215 e. The Bertz CT molecular complexity index is 556. The second-order valence-electron chi connectivity index (χ2n) is 4.29. The maximum absolute atomic E-state index is 5.88. The first kappa shape index (κ1) is 14.0. The highest BCUT2D eigenvalue weighted by atomic mass is 16.5. The minimum absolute atomic E-state index is 0.518. The van der Waals surface area contributed by atoms with Crippen molar-refractivity contribution in [1.82, 2.24) is 4.98 Å². The Morgan fingerprint density at radius 2 is 1.90 bits per heavy atom. The first-order valence-corrected chi connectivity index (χ1v) is 6.53. The molecule has 0 amide bonds. The highest BCUT2D eigenvalue weighted by Gasteiger charge is 2.04. The van der Waals surface area contributed by atoms with Gasteiger partial charge < -0.3 is 20.5 Å².